The van der Waals surface area contributed by atoms with Crippen molar-refractivity contribution in [2.75, 3.05) is 14.2 Å². The summed E-state index contributed by atoms with van der Waals surface area (Å²) in [7, 11) is 3.08. The van der Waals surface area contributed by atoms with E-state index in [2.05, 4.69) is 0 Å². The van der Waals surface area contributed by atoms with Crippen LogP contribution in [0.15, 0.2) is 140 Å². The van der Waals surface area contributed by atoms with E-state index in [-0.39, 0.29) is 18.0 Å². The Balaban J connectivity index is 1.67. The van der Waals surface area contributed by atoms with Gasteiger partial charge in [0.2, 0.25) is 0 Å². The molecule has 0 amide bonds. The van der Waals surface area contributed by atoms with Gasteiger partial charge in [-0.1, -0.05) is 121 Å². The van der Waals surface area contributed by atoms with E-state index in [1.54, 1.807) is 37.4 Å². The molecule has 0 fully saturated rings. The molecule has 1 unspecified atom stereocenters. The summed E-state index contributed by atoms with van der Waals surface area (Å²) in [6.07, 6.45) is -1.57. The van der Waals surface area contributed by atoms with Gasteiger partial charge in [-0.3, -0.25) is 9.59 Å². The maximum Gasteiger partial charge on any atom is 0.196 e. The Morgan fingerprint density at radius 2 is 1.12 bits per heavy atom. The standard InChI is InChI=1S/C38H34O5/c1-41-31-23-24-35(42-2)33(25-31)36(40)38(43-37(29-19-11-5-12-20-29)30-21-13-6-14-22-30)32(27-15-7-3-8-16-27)26-34(39)28-17-9-4-10-18-28/h3-25,32,37-38H,26H2,1-2H3/t32?,38-/m0/s1. The van der Waals surface area contributed by atoms with Crippen LogP contribution in [0.5, 0.6) is 11.5 Å². The topological polar surface area (TPSA) is 61.8 Å². The Morgan fingerprint density at radius 1 is 0.605 bits per heavy atom. The van der Waals surface area contributed by atoms with Crippen LogP contribution >= 0.6 is 0 Å². The number of hydrogen-bond acceptors (Lipinski definition) is 5. The number of methoxy groups -OCH3 is 2. The third-order valence-electron chi connectivity index (χ3n) is 7.51. The van der Waals surface area contributed by atoms with Crippen LogP contribution in [0.1, 0.15) is 55.8 Å². The fourth-order valence-electron chi connectivity index (χ4n) is 5.29. The first-order chi connectivity index (χ1) is 21.1. The molecule has 5 aromatic rings. The van der Waals surface area contributed by atoms with E-state index < -0.39 is 18.1 Å². The quantitative estimate of drug-likeness (QED) is 0.134. The Bertz CT molecular complexity index is 1580. The first-order valence-electron chi connectivity index (χ1n) is 14.2. The highest BCUT2D eigenvalue weighted by Crippen LogP contribution is 2.38. The number of benzene rings is 5. The molecule has 0 saturated carbocycles. The van der Waals surface area contributed by atoms with Crippen molar-refractivity contribution in [1.29, 1.82) is 0 Å². The van der Waals surface area contributed by atoms with Crippen LogP contribution in [-0.2, 0) is 4.74 Å². The largest absolute Gasteiger partial charge is 0.497 e. The minimum atomic E-state index is -1.05. The second-order valence-electron chi connectivity index (χ2n) is 10.2. The Morgan fingerprint density at radius 3 is 1.63 bits per heavy atom. The number of ether oxygens (including phenoxy) is 3. The van der Waals surface area contributed by atoms with Crippen molar-refractivity contribution in [3.05, 3.63) is 167 Å². The van der Waals surface area contributed by atoms with Gasteiger partial charge in [-0.15, -0.1) is 0 Å². The average Bonchev–Trinajstić information content (AvgIpc) is 3.09. The van der Waals surface area contributed by atoms with E-state index in [0.717, 1.165) is 16.7 Å². The van der Waals surface area contributed by atoms with Crippen molar-refractivity contribution in [1.82, 2.24) is 0 Å². The van der Waals surface area contributed by atoms with Gasteiger partial charge in [0.1, 0.15) is 23.7 Å². The predicted molar refractivity (Wildman–Crippen MR) is 168 cm³/mol. The molecular weight excluding hydrogens is 536 g/mol. The maximum atomic E-state index is 14.8. The Kier molecular flexibility index (Phi) is 9.78. The van der Waals surface area contributed by atoms with E-state index in [4.69, 9.17) is 14.2 Å². The molecule has 0 heterocycles. The zero-order chi connectivity index (χ0) is 30.0. The van der Waals surface area contributed by atoms with Crippen LogP contribution in [0.25, 0.3) is 0 Å². The van der Waals surface area contributed by atoms with Crippen LogP contribution in [0.2, 0.25) is 0 Å². The summed E-state index contributed by atoms with van der Waals surface area (Å²) in [6, 6.07) is 43.5. The molecule has 0 aliphatic heterocycles. The minimum Gasteiger partial charge on any atom is -0.497 e. The molecule has 0 radical (unpaired) electrons. The van der Waals surface area contributed by atoms with Crippen LogP contribution in [0.4, 0.5) is 0 Å². The number of ketones is 2. The van der Waals surface area contributed by atoms with Crippen molar-refractivity contribution >= 4 is 11.6 Å². The molecule has 0 spiro atoms. The highest BCUT2D eigenvalue weighted by atomic mass is 16.5. The number of rotatable bonds is 13. The van der Waals surface area contributed by atoms with Gasteiger partial charge in [-0.25, -0.2) is 0 Å². The number of hydrogen-bond donors (Lipinski definition) is 0. The smallest absolute Gasteiger partial charge is 0.196 e. The van der Waals surface area contributed by atoms with Crippen LogP contribution in [-0.4, -0.2) is 31.9 Å². The molecule has 2 atom stereocenters. The molecule has 43 heavy (non-hydrogen) atoms. The average molecular weight is 571 g/mol. The molecule has 0 aromatic heterocycles. The molecule has 5 aromatic carbocycles. The summed E-state index contributed by atoms with van der Waals surface area (Å²) in [5.41, 5.74) is 3.51. The first kappa shape index (κ1) is 29.5. The molecule has 0 saturated heterocycles. The van der Waals surface area contributed by atoms with Gasteiger partial charge >= 0.3 is 0 Å². The lowest BCUT2D eigenvalue weighted by Gasteiger charge is -2.31. The third kappa shape index (κ3) is 7.08. The summed E-state index contributed by atoms with van der Waals surface area (Å²) in [5, 5.41) is 0. The maximum absolute atomic E-state index is 14.8. The van der Waals surface area contributed by atoms with Crippen LogP contribution in [0.3, 0.4) is 0 Å². The first-order valence-corrected chi connectivity index (χ1v) is 14.2. The van der Waals surface area contributed by atoms with Gasteiger partial charge in [0, 0.05) is 17.9 Å². The lowest BCUT2D eigenvalue weighted by atomic mass is 9.83. The van der Waals surface area contributed by atoms with Crippen LogP contribution < -0.4 is 9.47 Å². The van der Waals surface area contributed by atoms with Crippen LogP contribution in [0, 0.1) is 0 Å². The zero-order valence-corrected chi connectivity index (χ0v) is 24.3. The minimum absolute atomic E-state index is 0.0625. The van der Waals surface area contributed by atoms with Crippen molar-refractivity contribution < 1.29 is 23.8 Å². The molecular formula is C38H34O5. The van der Waals surface area contributed by atoms with E-state index in [1.807, 2.05) is 109 Å². The SMILES string of the molecule is COc1ccc(OC)c(C(=O)[C@@H](OC(c2ccccc2)c2ccccc2)C(CC(=O)c2ccccc2)c2ccccc2)c1. The molecule has 216 valence electrons. The summed E-state index contributed by atoms with van der Waals surface area (Å²) >= 11 is 0. The summed E-state index contributed by atoms with van der Waals surface area (Å²) < 4.78 is 18.1. The monoisotopic (exact) mass is 570 g/mol. The summed E-state index contributed by atoms with van der Waals surface area (Å²) in [6.45, 7) is 0. The number of Topliss-reactive ketones (excluding diaryl/α,β-unsaturated/α-hetero) is 2. The van der Waals surface area contributed by atoms with E-state index >= 15 is 0 Å². The molecule has 0 N–H and O–H groups in total. The molecule has 0 bridgehead atoms. The Labute approximate surface area is 252 Å². The number of carbonyl (C=O) groups excluding carboxylic acids is 2. The van der Waals surface area contributed by atoms with Gasteiger partial charge in [0.15, 0.2) is 11.6 Å². The summed E-state index contributed by atoms with van der Waals surface area (Å²) in [5.74, 6) is -0.0715. The highest BCUT2D eigenvalue weighted by Gasteiger charge is 2.37. The van der Waals surface area contributed by atoms with E-state index in [1.165, 1.54) is 7.11 Å². The molecule has 5 nitrogen and oxygen atoms in total. The van der Waals surface area contributed by atoms with E-state index in [0.29, 0.717) is 22.6 Å². The lowest BCUT2D eigenvalue weighted by Crippen LogP contribution is -2.34. The fraction of sp³-hybridized carbons (Fsp3) is 0.158. The van der Waals surface area contributed by atoms with Crippen molar-refractivity contribution in [2.24, 2.45) is 0 Å². The molecule has 0 aliphatic rings. The van der Waals surface area contributed by atoms with Gasteiger partial charge in [-0.05, 0) is 34.9 Å². The molecule has 5 heteroatoms. The van der Waals surface area contributed by atoms with Crippen molar-refractivity contribution in [2.45, 2.75) is 24.5 Å². The third-order valence-corrected chi connectivity index (χ3v) is 7.51. The van der Waals surface area contributed by atoms with Crippen molar-refractivity contribution in [3.8, 4) is 11.5 Å². The second-order valence-corrected chi connectivity index (χ2v) is 10.2. The normalized spacial score (nSPS) is 12.3. The van der Waals surface area contributed by atoms with Gasteiger partial charge < -0.3 is 14.2 Å². The van der Waals surface area contributed by atoms with Crippen molar-refractivity contribution in [3.63, 3.8) is 0 Å². The zero-order valence-electron chi connectivity index (χ0n) is 24.3. The van der Waals surface area contributed by atoms with Gasteiger partial charge in [0.25, 0.3) is 0 Å². The second kappa shape index (κ2) is 14.3. The fourth-order valence-corrected chi connectivity index (χ4v) is 5.29. The molecule has 0 aliphatic carbocycles. The highest BCUT2D eigenvalue weighted by molar-refractivity contribution is 6.04. The van der Waals surface area contributed by atoms with E-state index in [9.17, 15) is 9.59 Å². The van der Waals surface area contributed by atoms with Gasteiger partial charge in [0.05, 0.1) is 19.8 Å². The predicted octanol–water partition coefficient (Wildman–Crippen LogP) is 8.12. The van der Waals surface area contributed by atoms with Gasteiger partial charge in [-0.2, -0.15) is 0 Å². The lowest BCUT2D eigenvalue weighted by molar-refractivity contribution is -0.000145. The molecule has 5 rings (SSSR count). The summed E-state index contributed by atoms with van der Waals surface area (Å²) in [4.78, 5) is 28.5. The Hall–Kier alpha value is -5.00. The number of carbonyl (C=O) groups is 2.